The van der Waals surface area contributed by atoms with E-state index in [1.807, 2.05) is 49.9 Å². The summed E-state index contributed by atoms with van der Waals surface area (Å²) >= 11 is 0. The van der Waals surface area contributed by atoms with Crippen LogP contribution in [-0.4, -0.2) is 31.6 Å². The highest BCUT2D eigenvalue weighted by atomic mass is 19.2. The van der Waals surface area contributed by atoms with E-state index in [1.165, 1.54) is 0 Å². The quantitative estimate of drug-likeness (QED) is 0.345. The van der Waals surface area contributed by atoms with E-state index in [0.29, 0.717) is 35.3 Å². The maximum absolute atomic E-state index is 14.0. The van der Waals surface area contributed by atoms with Gasteiger partial charge in [-0.2, -0.15) is 5.10 Å². The number of aryl methyl sites for hydroxylation is 2. The number of aromatic nitrogens is 3. The number of carbonyl (C=O) groups is 1. The zero-order valence-electron chi connectivity index (χ0n) is 19.9. The molecule has 0 fully saturated rings. The van der Waals surface area contributed by atoms with Crippen molar-refractivity contribution in [2.75, 3.05) is 0 Å². The molecule has 0 saturated carbocycles. The van der Waals surface area contributed by atoms with Gasteiger partial charge in [-0.15, -0.1) is 0 Å². The average molecular weight is 479 g/mol. The van der Waals surface area contributed by atoms with Crippen molar-refractivity contribution in [2.24, 2.45) is 7.05 Å². The van der Waals surface area contributed by atoms with Crippen molar-refractivity contribution in [1.82, 2.24) is 19.7 Å². The Balaban J connectivity index is 1.62. The Morgan fingerprint density at radius 1 is 1.14 bits per heavy atom. The minimum Gasteiger partial charge on any atom is -0.327 e. The van der Waals surface area contributed by atoms with Crippen molar-refractivity contribution in [3.05, 3.63) is 82.4 Å². The number of carbonyl (C=O) groups excluding carboxylic acids is 1. The van der Waals surface area contributed by atoms with Gasteiger partial charge in [-0.3, -0.25) is 14.5 Å². The van der Waals surface area contributed by atoms with E-state index in [-0.39, 0.29) is 23.6 Å². The molecule has 2 aromatic heterocycles. The van der Waals surface area contributed by atoms with Crippen molar-refractivity contribution < 1.29 is 18.0 Å². The molecule has 5 nitrogen and oxygen atoms in total. The second kappa shape index (κ2) is 8.52. The van der Waals surface area contributed by atoms with Crippen LogP contribution in [0.3, 0.4) is 0 Å². The van der Waals surface area contributed by atoms with Gasteiger partial charge in [0.2, 0.25) is 0 Å². The monoisotopic (exact) mass is 478 g/mol. The molecule has 4 aromatic rings. The average Bonchev–Trinajstić information content (AvgIpc) is 3.17. The molecule has 0 aliphatic carbocycles. The van der Waals surface area contributed by atoms with Crippen molar-refractivity contribution in [2.45, 2.75) is 45.7 Å². The number of halogens is 3. The lowest BCUT2D eigenvalue weighted by molar-refractivity contribution is 0.0547. The molecule has 0 radical (unpaired) electrons. The van der Waals surface area contributed by atoms with Gasteiger partial charge in [-0.25, -0.2) is 13.2 Å². The van der Waals surface area contributed by atoms with Crippen LogP contribution in [0.5, 0.6) is 0 Å². The molecule has 0 bridgehead atoms. The van der Waals surface area contributed by atoms with Crippen LogP contribution in [0.1, 0.15) is 53.5 Å². The van der Waals surface area contributed by atoms with Crippen LogP contribution in [0.15, 0.2) is 42.6 Å². The minimum atomic E-state index is -1.50. The summed E-state index contributed by atoms with van der Waals surface area (Å²) in [5.41, 5.74) is 4.37. The number of amides is 1. The van der Waals surface area contributed by atoms with Gasteiger partial charge in [-0.1, -0.05) is 13.0 Å². The predicted octanol–water partition coefficient (Wildman–Crippen LogP) is 5.90. The Morgan fingerprint density at radius 3 is 2.54 bits per heavy atom. The van der Waals surface area contributed by atoms with Crippen molar-refractivity contribution in [3.8, 4) is 11.3 Å². The second-order valence-corrected chi connectivity index (χ2v) is 9.13. The van der Waals surface area contributed by atoms with E-state index < -0.39 is 17.5 Å². The zero-order chi connectivity index (χ0) is 25.0. The largest absolute Gasteiger partial charge is 0.327 e. The topological polar surface area (TPSA) is 51.0 Å². The third-order valence-corrected chi connectivity index (χ3v) is 6.87. The van der Waals surface area contributed by atoms with Crippen LogP contribution in [0.4, 0.5) is 13.2 Å². The maximum Gasteiger partial charge on any atom is 0.256 e. The van der Waals surface area contributed by atoms with E-state index >= 15 is 0 Å². The third-order valence-electron chi connectivity index (χ3n) is 6.87. The number of nitrogens with zero attached hydrogens (tertiary/aromatic N) is 4. The van der Waals surface area contributed by atoms with Gasteiger partial charge in [-0.05, 0) is 62.6 Å². The molecule has 0 N–H and O–H groups in total. The highest BCUT2D eigenvalue weighted by Crippen LogP contribution is 2.40. The van der Waals surface area contributed by atoms with Crippen LogP contribution in [-0.2, 0) is 13.5 Å². The highest BCUT2D eigenvalue weighted by Gasteiger charge is 2.39. The normalized spacial score (nSPS) is 17.6. The fourth-order valence-corrected chi connectivity index (χ4v) is 5.29. The lowest BCUT2D eigenvalue weighted by Gasteiger charge is -2.40. The summed E-state index contributed by atoms with van der Waals surface area (Å²) in [6.45, 7) is 5.86. The number of hydrogen-bond acceptors (Lipinski definition) is 3. The first-order chi connectivity index (χ1) is 16.7. The molecular formula is C27H25F3N4O. The SMILES string of the molecule is CCC1Cc2c(nn(C)c2-c2cc(F)c(F)c(F)c2)C(C)N1C(=O)c1cc(C)cc2cccnc12. The lowest BCUT2D eigenvalue weighted by Crippen LogP contribution is -2.46. The van der Waals surface area contributed by atoms with Gasteiger partial charge in [0.15, 0.2) is 17.5 Å². The summed E-state index contributed by atoms with van der Waals surface area (Å²) < 4.78 is 43.2. The van der Waals surface area contributed by atoms with Crippen LogP contribution in [0.25, 0.3) is 22.2 Å². The number of fused-ring (bicyclic) bond motifs is 2. The second-order valence-electron chi connectivity index (χ2n) is 9.13. The van der Waals surface area contributed by atoms with Gasteiger partial charge in [0.1, 0.15) is 0 Å². The lowest BCUT2D eigenvalue weighted by atomic mass is 9.88. The van der Waals surface area contributed by atoms with Gasteiger partial charge >= 0.3 is 0 Å². The van der Waals surface area contributed by atoms with Crippen molar-refractivity contribution >= 4 is 16.8 Å². The van der Waals surface area contributed by atoms with E-state index in [2.05, 4.69) is 10.1 Å². The first-order valence-corrected chi connectivity index (χ1v) is 11.6. The summed E-state index contributed by atoms with van der Waals surface area (Å²) in [7, 11) is 1.69. The van der Waals surface area contributed by atoms with Crippen LogP contribution < -0.4 is 0 Å². The van der Waals surface area contributed by atoms with Gasteiger partial charge in [0, 0.05) is 35.8 Å². The summed E-state index contributed by atoms with van der Waals surface area (Å²) in [6, 6.07) is 9.07. The third kappa shape index (κ3) is 3.68. The number of rotatable bonds is 3. The van der Waals surface area contributed by atoms with Crippen molar-refractivity contribution in [3.63, 3.8) is 0 Å². The van der Waals surface area contributed by atoms with Crippen LogP contribution >= 0.6 is 0 Å². The Kier molecular flexibility index (Phi) is 5.62. The summed E-state index contributed by atoms with van der Waals surface area (Å²) in [4.78, 5) is 20.3. The van der Waals surface area contributed by atoms with Gasteiger partial charge in [0.05, 0.1) is 28.5 Å². The summed E-state index contributed by atoms with van der Waals surface area (Å²) in [5, 5.41) is 5.53. The number of hydrogen-bond donors (Lipinski definition) is 0. The van der Waals surface area contributed by atoms with E-state index in [1.54, 1.807) is 17.9 Å². The minimum absolute atomic E-state index is 0.131. The predicted molar refractivity (Wildman–Crippen MR) is 127 cm³/mol. The summed E-state index contributed by atoms with van der Waals surface area (Å²) in [5.74, 6) is -4.13. The Morgan fingerprint density at radius 2 is 1.86 bits per heavy atom. The molecule has 1 aliphatic heterocycles. The van der Waals surface area contributed by atoms with Crippen LogP contribution in [0.2, 0.25) is 0 Å². The van der Waals surface area contributed by atoms with Gasteiger partial charge < -0.3 is 4.90 Å². The Bertz CT molecular complexity index is 1460. The van der Waals surface area contributed by atoms with E-state index in [0.717, 1.165) is 28.6 Å². The molecule has 2 aromatic carbocycles. The van der Waals surface area contributed by atoms with Crippen LogP contribution in [0, 0.1) is 24.4 Å². The molecule has 180 valence electrons. The first-order valence-electron chi connectivity index (χ1n) is 11.6. The molecule has 35 heavy (non-hydrogen) atoms. The molecule has 1 aliphatic rings. The summed E-state index contributed by atoms with van der Waals surface area (Å²) in [6.07, 6.45) is 2.81. The standard InChI is InChI=1S/C27H25F3N4O/c1-5-18-13-19-24(32-33(4)26(19)17-11-21(28)23(30)22(29)12-17)15(3)34(18)27(35)20-10-14(2)9-16-7-6-8-31-25(16)20/h6-12,15,18H,5,13H2,1-4H3. The van der Waals surface area contributed by atoms with Gasteiger partial charge in [0.25, 0.3) is 5.91 Å². The smallest absolute Gasteiger partial charge is 0.256 e. The highest BCUT2D eigenvalue weighted by molar-refractivity contribution is 6.06. The molecule has 5 rings (SSSR count). The fraction of sp³-hybridized carbons (Fsp3) is 0.296. The number of benzene rings is 2. The molecule has 0 saturated heterocycles. The molecule has 3 heterocycles. The van der Waals surface area contributed by atoms with E-state index in [4.69, 9.17) is 0 Å². The molecule has 0 spiro atoms. The maximum atomic E-state index is 14.0. The molecule has 1 amide bonds. The zero-order valence-corrected chi connectivity index (χ0v) is 19.9. The van der Waals surface area contributed by atoms with Crippen molar-refractivity contribution in [1.29, 1.82) is 0 Å². The molecule has 2 unspecified atom stereocenters. The Hall–Kier alpha value is -3.68. The first kappa shape index (κ1) is 23.1. The molecular weight excluding hydrogens is 453 g/mol. The molecule has 8 heteroatoms. The number of pyridine rings is 1. The fourth-order valence-electron chi connectivity index (χ4n) is 5.29. The molecule has 2 atom stereocenters. The van der Waals surface area contributed by atoms with E-state index in [9.17, 15) is 18.0 Å². The Labute approximate surface area is 201 Å².